The van der Waals surface area contributed by atoms with Crippen molar-refractivity contribution in [1.82, 2.24) is 4.90 Å². The van der Waals surface area contributed by atoms with E-state index in [1.54, 1.807) is 0 Å². The zero-order valence-electron chi connectivity index (χ0n) is 10.5. The van der Waals surface area contributed by atoms with Gasteiger partial charge in [0.15, 0.2) is 5.41 Å². The fourth-order valence-corrected chi connectivity index (χ4v) is 2.29. The molecule has 110 valence electrons. The standard InChI is InChI=1S/C12H12F3NO4/c1-7-8(2-5-20-7)9(17)16-4-3-11(6-16,10(18)19)12(13,14)15/h2,5H,3-4,6H2,1H3,(H,18,19). The van der Waals surface area contributed by atoms with Gasteiger partial charge in [0.25, 0.3) is 5.91 Å². The van der Waals surface area contributed by atoms with Crippen LogP contribution in [0.15, 0.2) is 16.7 Å². The molecule has 0 saturated carbocycles. The maximum Gasteiger partial charge on any atom is 0.406 e. The van der Waals surface area contributed by atoms with E-state index in [1.165, 1.54) is 19.3 Å². The first-order valence-electron chi connectivity index (χ1n) is 5.82. The van der Waals surface area contributed by atoms with Crippen molar-refractivity contribution in [2.24, 2.45) is 5.41 Å². The highest BCUT2D eigenvalue weighted by molar-refractivity contribution is 5.96. The lowest BCUT2D eigenvalue weighted by Gasteiger charge is -2.27. The second kappa shape index (κ2) is 4.53. The molecule has 8 heteroatoms. The lowest BCUT2D eigenvalue weighted by Crippen LogP contribution is -2.47. The van der Waals surface area contributed by atoms with Gasteiger partial charge in [-0.05, 0) is 19.4 Å². The quantitative estimate of drug-likeness (QED) is 0.905. The van der Waals surface area contributed by atoms with Crippen molar-refractivity contribution in [2.75, 3.05) is 13.1 Å². The van der Waals surface area contributed by atoms with Crippen molar-refractivity contribution in [2.45, 2.75) is 19.5 Å². The van der Waals surface area contributed by atoms with E-state index in [-0.39, 0.29) is 17.9 Å². The van der Waals surface area contributed by atoms with Gasteiger partial charge in [-0.1, -0.05) is 0 Å². The number of hydrogen-bond acceptors (Lipinski definition) is 3. The van der Waals surface area contributed by atoms with Gasteiger partial charge >= 0.3 is 12.1 Å². The van der Waals surface area contributed by atoms with Crippen LogP contribution < -0.4 is 0 Å². The number of carboxylic acid groups (broad SMARTS) is 1. The molecular weight excluding hydrogens is 279 g/mol. The molecular formula is C12H12F3NO4. The minimum absolute atomic E-state index is 0.147. The molecule has 1 N–H and O–H groups in total. The van der Waals surface area contributed by atoms with Gasteiger partial charge in [0.2, 0.25) is 0 Å². The summed E-state index contributed by atoms with van der Waals surface area (Å²) >= 11 is 0. The summed E-state index contributed by atoms with van der Waals surface area (Å²) in [5, 5.41) is 8.91. The number of amides is 1. The average Bonchev–Trinajstić information content (AvgIpc) is 2.93. The third kappa shape index (κ3) is 2.04. The molecule has 1 aromatic rings. The van der Waals surface area contributed by atoms with Crippen LogP contribution >= 0.6 is 0 Å². The Morgan fingerprint density at radius 1 is 1.45 bits per heavy atom. The van der Waals surface area contributed by atoms with Crippen molar-refractivity contribution < 1.29 is 32.3 Å². The SMILES string of the molecule is Cc1occc1C(=O)N1CCC(C(=O)O)(C(F)(F)F)C1. The first-order chi connectivity index (χ1) is 9.19. The van der Waals surface area contributed by atoms with E-state index >= 15 is 0 Å². The van der Waals surface area contributed by atoms with Crippen molar-refractivity contribution in [3.05, 3.63) is 23.7 Å². The Kier molecular flexibility index (Phi) is 3.27. The molecule has 1 aromatic heterocycles. The van der Waals surface area contributed by atoms with Crippen LogP contribution in [-0.2, 0) is 4.79 Å². The highest BCUT2D eigenvalue weighted by Gasteiger charge is 2.64. The minimum atomic E-state index is -4.90. The number of aliphatic carboxylic acids is 1. The van der Waals surface area contributed by atoms with E-state index in [0.29, 0.717) is 0 Å². The van der Waals surface area contributed by atoms with Crippen LogP contribution in [0.2, 0.25) is 0 Å². The molecule has 1 atom stereocenters. The number of nitrogens with zero attached hydrogens (tertiary/aromatic N) is 1. The Balaban J connectivity index is 2.26. The van der Waals surface area contributed by atoms with Crippen molar-refractivity contribution in [1.29, 1.82) is 0 Å². The zero-order chi connectivity index (χ0) is 15.1. The molecule has 0 aliphatic carbocycles. The molecule has 1 unspecified atom stereocenters. The third-order valence-corrected chi connectivity index (χ3v) is 3.60. The molecule has 1 aliphatic heterocycles. The number of aryl methyl sites for hydroxylation is 1. The molecule has 20 heavy (non-hydrogen) atoms. The van der Waals surface area contributed by atoms with Crippen molar-refractivity contribution in [3.8, 4) is 0 Å². The van der Waals surface area contributed by atoms with Gasteiger partial charge in [0.05, 0.1) is 11.8 Å². The number of furan rings is 1. The molecule has 5 nitrogen and oxygen atoms in total. The summed E-state index contributed by atoms with van der Waals surface area (Å²) in [6.07, 6.45) is -4.29. The maximum atomic E-state index is 13.0. The highest BCUT2D eigenvalue weighted by atomic mass is 19.4. The van der Waals surface area contributed by atoms with Crippen LogP contribution in [-0.4, -0.2) is 41.1 Å². The van der Waals surface area contributed by atoms with Gasteiger partial charge < -0.3 is 14.4 Å². The van der Waals surface area contributed by atoms with E-state index in [9.17, 15) is 22.8 Å². The Morgan fingerprint density at radius 3 is 2.50 bits per heavy atom. The number of halogens is 3. The van der Waals surface area contributed by atoms with Gasteiger partial charge in [-0.3, -0.25) is 9.59 Å². The summed E-state index contributed by atoms with van der Waals surface area (Å²) in [5.41, 5.74) is -2.74. The van der Waals surface area contributed by atoms with Crippen LogP contribution in [0.25, 0.3) is 0 Å². The van der Waals surface area contributed by atoms with Gasteiger partial charge in [0, 0.05) is 13.1 Å². The van der Waals surface area contributed by atoms with E-state index in [0.717, 1.165) is 4.90 Å². The molecule has 1 fully saturated rings. The summed E-state index contributed by atoms with van der Waals surface area (Å²) in [4.78, 5) is 24.0. The summed E-state index contributed by atoms with van der Waals surface area (Å²) in [6, 6.07) is 1.35. The van der Waals surface area contributed by atoms with Crippen LogP contribution in [0.1, 0.15) is 22.5 Å². The van der Waals surface area contributed by atoms with Gasteiger partial charge in [-0.15, -0.1) is 0 Å². The predicted molar refractivity (Wildman–Crippen MR) is 60.1 cm³/mol. The maximum absolute atomic E-state index is 13.0. The van der Waals surface area contributed by atoms with Crippen LogP contribution in [0, 0.1) is 12.3 Å². The van der Waals surface area contributed by atoms with Gasteiger partial charge in [-0.2, -0.15) is 13.2 Å². The number of hydrogen-bond donors (Lipinski definition) is 1. The summed E-state index contributed by atoms with van der Waals surface area (Å²) in [6.45, 7) is 0.377. The zero-order valence-corrected chi connectivity index (χ0v) is 10.5. The Labute approximate surface area is 112 Å². The molecule has 0 bridgehead atoms. The monoisotopic (exact) mass is 291 g/mol. The average molecular weight is 291 g/mol. The molecule has 2 rings (SSSR count). The number of carbonyl (C=O) groups is 2. The minimum Gasteiger partial charge on any atom is -0.481 e. The van der Waals surface area contributed by atoms with Crippen LogP contribution in [0.5, 0.6) is 0 Å². The fraction of sp³-hybridized carbons (Fsp3) is 0.500. The number of rotatable bonds is 2. The number of likely N-dealkylation sites (tertiary alicyclic amines) is 1. The Morgan fingerprint density at radius 2 is 2.10 bits per heavy atom. The van der Waals surface area contributed by atoms with E-state index in [1.807, 2.05) is 0 Å². The van der Waals surface area contributed by atoms with Crippen molar-refractivity contribution >= 4 is 11.9 Å². The molecule has 0 radical (unpaired) electrons. The first-order valence-corrected chi connectivity index (χ1v) is 5.82. The number of alkyl halides is 3. The molecule has 1 aliphatic rings. The largest absolute Gasteiger partial charge is 0.481 e. The van der Waals surface area contributed by atoms with Crippen LogP contribution in [0.4, 0.5) is 13.2 Å². The van der Waals surface area contributed by atoms with Crippen molar-refractivity contribution in [3.63, 3.8) is 0 Å². The summed E-state index contributed by atoms with van der Waals surface area (Å²) < 4.78 is 43.9. The highest BCUT2D eigenvalue weighted by Crippen LogP contribution is 2.46. The second-order valence-electron chi connectivity index (χ2n) is 4.75. The normalized spacial score (nSPS) is 23.1. The molecule has 2 heterocycles. The topological polar surface area (TPSA) is 70.8 Å². The van der Waals surface area contributed by atoms with E-state index in [4.69, 9.17) is 9.52 Å². The third-order valence-electron chi connectivity index (χ3n) is 3.60. The smallest absolute Gasteiger partial charge is 0.406 e. The predicted octanol–water partition coefficient (Wildman–Crippen LogP) is 2.07. The molecule has 1 saturated heterocycles. The fourth-order valence-electron chi connectivity index (χ4n) is 2.29. The lowest BCUT2D eigenvalue weighted by molar-refractivity contribution is -0.227. The number of carboxylic acids is 1. The summed E-state index contributed by atoms with van der Waals surface area (Å²) in [7, 11) is 0. The van der Waals surface area contributed by atoms with E-state index in [2.05, 4.69) is 0 Å². The second-order valence-corrected chi connectivity index (χ2v) is 4.75. The van der Waals surface area contributed by atoms with Gasteiger partial charge in [-0.25, -0.2) is 0 Å². The molecule has 0 aromatic carbocycles. The Hall–Kier alpha value is -1.99. The molecule has 1 amide bonds. The lowest BCUT2D eigenvalue weighted by atomic mass is 9.86. The first kappa shape index (κ1) is 14.4. The Bertz CT molecular complexity index is 551. The van der Waals surface area contributed by atoms with E-state index < -0.39 is 36.4 Å². The van der Waals surface area contributed by atoms with Crippen LogP contribution in [0.3, 0.4) is 0 Å². The number of carbonyl (C=O) groups excluding carboxylic acids is 1. The van der Waals surface area contributed by atoms with Gasteiger partial charge in [0.1, 0.15) is 5.76 Å². The molecule has 0 spiro atoms. The summed E-state index contributed by atoms with van der Waals surface area (Å²) in [5.74, 6) is -2.32.